The Balaban J connectivity index is 1.44. The SMILES string of the molecule is CCO[C@H]1C[C@H]2OC[C@@]2(OC(C)=O)C2C(OC(=O)c3ccc(F)cc3)[C@]3(O)C[C@H](OC(=O)[C@H](OCC)[C@@H](NC(=O)c4ccccc4)c4ccccc4)C(C)=C([C@@H](OC(=O)CCS)C(=O)[C@@]21C)C3(C)C. The van der Waals surface area contributed by atoms with Crippen molar-refractivity contribution in [1.29, 1.82) is 0 Å². The molecule has 69 heavy (non-hydrogen) atoms. The first-order chi connectivity index (χ1) is 32.8. The monoisotopic (exact) mass is 973 g/mol. The maximum absolute atomic E-state index is 16.1. The maximum atomic E-state index is 16.1. The van der Waals surface area contributed by atoms with E-state index in [9.17, 15) is 33.5 Å². The number of hydrogen-bond acceptors (Lipinski definition) is 15. The van der Waals surface area contributed by atoms with Crippen molar-refractivity contribution in [2.45, 2.75) is 122 Å². The van der Waals surface area contributed by atoms with Crippen LogP contribution in [0.4, 0.5) is 4.39 Å². The molecule has 2 bridgehead atoms. The molecule has 17 heteroatoms. The van der Waals surface area contributed by atoms with Crippen LogP contribution in [0.5, 0.6) is 0 Å². The van der Waals surface area contributed by atoms with Gasteiger partial charge in [-0.15, -0.1) is 0 Å². The number of ether oxygens (including phenoxy) is 7. The van der Waals surface area contributed by atoms with Crippen LogP contribution in [0.15, 0.2) is 96.1 Å². The Hall–Kier alpha value is -5.46. The van der Waals surface area contributed by atoms with E-state index in [0.29, 0.717) is 11.1 Å². The molecule has 3 aromatic rings. The summed E-state index contributed by atoms with van der Waals surface area (Å²) in [5.41, 5.74) is -6.71. The first kappa shape index (κ1) is 51.4. The van der Waals surface area contributed by atoms with Crippen molar-refractivity contribution in [3.63, 3.8) is 0 Å². The first-order valence-corrected chi connectivity index (χ1v) is 23.8. The van der Waals surface area contributed by atoms with E-state index < -0.39 is 118 Å². The highest BCUT2D eigenvalue weighted by atomic mass is 32.1. The van der Waals surface area contributed by atoms with Crippen molar-refractivity contribution in [2.75, 3.05) is 25.6 Å². The van der Waals surface area contributed by atoms with Gasteiger partial charge in [-0.2, -0.15) is 12.6 Å². The molecule has 3 aromatic carbocycles. The van der Waals surface area contributed by atoms with Crippen LogP contribution in [0.25, 0.3) is 0 Å². The van der Waals surface area contributed by atoms with Crippen LogP contribution >= 0.6 is 12.6 Å². The van der Waals surface area contributed by atoms with E-state index in [1.807, 2.05) is 0 Å². The topological polar surface area (TPSA) is 199 Å². The molecular weight excluding hydrogens is 914 g/mol. The fraction of sp³-hybridized carbons (Fsp3) is 0.500. The summed E-state index contributed by atoms with van der Waals surface area (Å²) in [4.78, 5) is 86.5. The van der Waals surface area contributed by atoms with Crippen LogP contribution in [-0.2, 0) is 52.3 Å². The van der Waals surface area contributed by atoms with Gasteiger partial charge < -0.3 is 43.6 Å². The van der Waals surface area contributed by atoms with Gasteiger partial charge in [-0.1, -0.05) is 62.4 Å². The molecule has 2 unspecified atom stereocenters. The van der Waals surface area contributed by atoms with Crippen LogP contribution in [0.3, 0.4) is 0 Å². The molecular formula is C52H60FNO14S. The third kappa shape index (κ3) is 9.35. The fourth-order valence-electron chi connectivity index (χ4n) is 11.1. The average molecular weight is 974 g/mol. The number of hydrogen-bond donors (Lipinski definition) is 3. The minimum Gasteiger partial charge on any atom is -0.456 e. The molecule has 1 saturated heterocycles. The highest BCUT2D eigenvalue weighted by Gasteiger charge is 2.78. The zero-order valence-electron chi connectivity index (χ0n) is 39.7. The fourth-order valence-corrected chi connectivity index (χ4v) is 11.2. The number of fused-ring (bicyclic) bond motifs is 5. The van der Waals surface area contributed by atoms with Gasteiger partial charge in [0.15, 0.2) is 23.6 Å². The Kier molecular flexibility index (Phi) is 15.3. The minimum atomic E-state index is -2.40. The molecule has 0 spiro atoms. The van der Waals surface area contributed by atoms with Gasteiger partial charge in [0.2, 0.25) is 0 Å². The number of esters is 4. The third-order valence-corrected chi connectivity index (χ3v) is 14.7. The first-order valence-electron chi connectivity index (χ1n) is 23.2. The van der Waals surface area contributed by atoms with Crippen molar-refractivity contribution in [1.82, 2.24) is 5.32 Å². The smallest absolute Gasteiger partial charge is 0.338 e. The minimum absolute atomic E-state index is 0.00613. The molecule has 2 saturated carbocycles. The number of halogens is 1. The van der Waals surface area contributed by atoms with E-state index in [4.69, 9.17) is 33.2 Å². The summed E-state index contributed by atoms with van der Waals surface area (Å²) < 4.78 is 58.3. The lowest BCUT2D eigenvalue weighted by Crippen LogP contribution is -2.82. The highest BCUT2D eigenvalue weighted by molar-refractivity contribution is 7.80. The molecule has 15 nitrogen and oxygen atoms in total. The van der Waals surface area contributed by atoms with Gasteiger partial charge in [0.05, 0.1) is 42.1 Å². The number of thiol groups is 1. The second kappa shape index (κ2) is 20.5. The average Bonchev–Trinajstić information content (AvgIpc) is 3.31. The molecule has 3 aliphatic carbocycles. The lowest BCUT2D eigenvalue weighted by molar-refractivity contribution is -0.348. The van der Waals surface area contributed by atoms with Gasteiger partial charge in [-0.3, -0.25) is 19.2 Å². The number of benzene rings is 3. The Bertz CT molecular complexity index is 2450. The van der Waals surface area contributed by atoms with Crippen molar-refractivity contribution < 1.29 is 71.4 Å². The summed E-state index contributed by atoms with van der Waals surface area (Å²) in [5, 5.41) is 17.0. The van der Waals surface area contributed by atoms with Gasteiger partial charge >= 0.3 is 23.9 Å². The number of ketones is 1. The zero-order valence-corrected chi connectivity index (χ0v) is 40.6. The second-order valence-electron chi connectivity index (χ2n) is 18.7. The zero-order chi connectivity index (χ0) is 50.1. The van der Waals surface area contributed by atoms with Crippen LogP contribution in [-0.4, -0.2) is 114 Å². The van der Waals surface area contributed by atoms with E-state index in [1.165, 1.54) is 19.1 Å². The maximum Gasteiger partial charge on any atom is 0.338 e. The molecule has 11 atom stereocenters. The van der Waals surface area contributed by atoms with Gasteiger partial charge in [-0.05, 0) is 80.8 Å². The third-order valence-electron chi connectivity index (χ3n) is 14.5. The number of carbonyl (C=O) groups excluding carboxylic acids is 6. The summed E-state index contributed by atoms with van der Waals surface area (Å²) in [5.74, 6) is -6.86. The predicted octanol–water partition coefficient (Wildman–Crippen LogP) is 6.26. The van der Waals surface area contributed by atoms with Crippen LogP contribution in [0.1, 0.15) is 100 Å². The van der Waals surface area contributed by atoms with Gasteiger partial charge in [0.25, 0.3) is 5.91 Å². The number of rotatable bonds is 16. The lowest BCUT2D eigenvalue weighted by atomic mass is 9.44. The van der Waals surface area contributed by atoms with E-state index >= 15 is 4.79 Å². The molecule has 7 rings (SSSR count). The Labute approximate surface area is 406 Å². The van der Waals surface area contributed by atoms with Crippen molar-refractivity contribution in [2.24, 2.45) is 16.7 Å². The summed E-state index contributed by atoms with van der Waals surface area (Å²) in [6.07, 6.45) is -9.25. The number of carbonyl (C=O) groups is 6. The van der Waals surface area contributed by atoms with E-state index in [-0.39, 0.29) is 55.1 Å². The summed E-state index contributed by atoms with van der Waals surface area (Å²) >= 11 is 4.25. The normalized spacial score (nSPS) is 29.9. The number of Topliss-reactive ketones (excluding diaryl/α,β-unsaturated/α-hetero) is 1. The van der Waals surface area contributed by atoms with Gasteiger partial charge in [0.1, 0.15) is 29.7 Å². The van der Waals surface area contributed by atoms with Crippen LogP contribution < -0.4 is 5.32 Å². The molecule has 1 aliphatic heterocycles. The van der Waals surface area contributed by atoms with E-state index in [2.05, 4.69) is 17.9 Å². The van der Waals surface area contributed by atoms with Crippen LogP contribution in [0.2, 0.25) is 0 Å². The van der Waals surface area contributed by atoms with Gasteiger partial charge in [0, 0.05) is 49.7 Å². The number of nitrogens with one attached hydrogen (secondary N) is 1. The molecule has 1 heterocycles. The van der Waals surface area contributed by atoms with Crippen molar-refractivity contribution in [3.05, 3.63) is 119 Å². The van der Waals surface area contributed by atoms with Crippen molar-refractivity contribution in [3.8, 4) is 0 Å². The number of amides is 1. The molecule has 370 valence electrons. The standard InChI is InChI=1S/C52H60FNO14S/c1-8-62-36-26-37-51(28-64-37,68-30(4)55)43-45(67-47(59)33-20-22-34(53)23-21-33)52(61)27-35(29(3)39(49(52,5)6)41(44(57)50(36,43)7)66-38(56)24-25-69)65-48(60)42(63-9-2)40(31-16-12-10-13-17-31)54-46(58)32-18-14-11-15-19-32/h10-23,35-37,40-43,45,61,69H,8-9,24-28H2,1-7H3,(H,54,58)/t35-,36-,37+,40-,41+,42+,43?,45?,50+,51-,52+/m0/s1. The summed E-state index contributed by atoms with van der Waals surface area (Å²) in [6.45, 7) is 10.7. The van der Waals surface area contributed by atoms with Crippen molar-refractivity contribution >= 4 is 48.2 Å². The highest BCUT2D eigenvalue weighted by Crippen LogP contribution is 2.65. The van der Waals surface area contributed by atoms with E-state index in [0.717, 1.165) is 12.1 Å². The largest absolute Gasteiger partial charge is 0.456 e. The Morgan fingerprint density at radius 1 is 0.899 bits per heavy atom. The quantitative estimate of drug-likeness (QED) is 0.0629. The summed E-state index contributed by atoms with van der Waals surface area (Å²) in [6, 6.07) is 20.5. The Morgan fingerprint density at radius 2 is 1.55 bits per heavy atom. The molecule has 4 aliphatic rings. The summed E-state index contributed by atoms with van der Waals surface area (Å²) in [7, 11) is 0. The predicted molar refractivity (Wildman–Crippen MR) is 249 cm³/mol. The number of aliphatic hydroxyl groups is 1. The molecule has 2 N–H and O–H groups in total. The molecule has 1 amide bonds. The van der Waals surface area contributed by atoms with E-state index in [1.54, 1.807) is 102 Å². The molecule has 0 aromatic heterocycles. The lowest BCUT2D eigenvalue weighted by Gasteiger charge is -2.67. The van der Waals surface area contributed by atoms with Crippen LogP contribution in [0, 0.1) is 22.6 Å². The second-order valence-corrected chi connectivity index (χ2v) is 19.2. The molecule has 3 fully saturated rings. The van der Waals surface area contributed by atoms with Gasteiger partial charge in [-0.25, -0.2) is 14.0 Å². The molecule has 0 radical (unpaired) electrons. The Morgan fingerprint density at radius 3 is 2.13 bits per heavy atom.